The number of Topliss-reactive ketones (excluding diaryl/α,β-unsaturated/α-hetero) is 1. The maximum atomic E-state index is 12.0. The zero-order valence-electron chi connectivity index (χ0n) is 6.40. The third kappa shape index (κ3) is 2.36. The zero-order valence-corrected chi connectivity index (χ0v) is 7.91. The van der Waals surface area contributed by atoms with Gasteiger partial charge in [0.25, 0.3) is 5.78 Å². The summed E-state index contributed by atoms with van der Waals surface area (Å²) in [5.41, 5.74) is -0.695. The molecule has 0 radical (unpaired) electrons. The molecule has 0 unspecified atom stereocenters. The topological polar surface area (TPSA) is 30.0 Å². The maximum absolute atomic E-state index is 12.0. The van der Waals surface area contributed by atoms with Crippen LogP contribution in [0.25, 0.3) is 0 Å². The summed E-state index contributed by atoms with van der Waals surface area (Å²) in [7, 11) is 0. The minimum absolute atomic E-state index is 0.220. The van der Waals surface area contributed by atoms with Gasteiger partial charge in [-0.05, 0) is 6.07 Å². The number of hydrogen-bond acceptors (Lipinski definition) is 2. The number of rotatable bonds is 1. The molecular weight excluding hydrogens is 242 g/mol. The Labute approximate surface area is 86.6 Å². The smallest absolute Gasteiger partial charge is 0.284 e. The van der Waals surface area contributed by atoms with Crippen LogP contribution in [-0.4, -0.2) is 16.9 Å². The predicted molar refractivity (Wildman–Crippen MR) is 44.6 cm³/mol. The van der Waals surface area contributed by atoms with Crippen molar-refractivity contribution in [2.45, 2.75) is 6.18 Å². The van der Waals surface area contributed by atoms with Crippen molar-refractivity contribution in [1.82, 2.24) is 4.98 Å². The standard InChI is InChI=1S/C7H2Cl2F3NO/c8-4-2-13-5(9)1-3(4)6(14)7(10,11)12/h1-2H. The van der Waals surface area contributed by atoms with Crippen molar-refractivity contribution in [3.05, 3.63) is 28.0 Å². The molecule has 0 fully saturated rings. The molecule has 1 aromatic heterocycles. The first-order chi connectivity index (χ1) is 6.32. The van der Waals surface area contributed by atoms with Crippen LogP contribution in [0.15, 0.2) is 12.3 Å². The largest absolute Gasteiger partial charge is 0.454 e. The average molecular weight is 244 g/mol. The third-order valence-electron chi connectivity index (χ3n) is 1.32. The summed E-state index contributed by atoms with van der Waals surface area (Å²) in [6.45, 7) is 0. The molecule has 0 amide bonds. The highest BCUT2D eigenvalue weighted by Gasteiger charge is 2.40. The van der Waals surface area contributed by atoms with E-state index in [4.69, 9.17) is 23.2 Å². The fourth-order valence-corrected chi connectivity index (χ4v) is 1.09. The minimum atomic E-state index is -4.96. The third-order valence-corrected chi connectivity index (χ3v) is 1.83. The van der Waals surface area contributed by atoms with Crippen LogP contribution in [-0.2, 0) is 0 Å². The number of pyridine rings is 1. The number of alkyl halides is 3. The van der Waals surface area contributed by atoms with Gasteiger partial charge in [-0.25, -0.2) is 4.98 Å². The highest BCUT2D eigenvalue weighted by Crippen LogP contribution is 2.26. The summed E-state index contributed by atoms with van der Waals surface area (Å²) >= 11 is 10.7. The van der Waals surface area contributed by atoms with E-state index in [1.807, 2.05) is 0 Å². The number of nitrogens with zero attached hydrogens (tertiary/aromatic N) is 1. The highest BCUT2D eigenvalue weighted by atomic mass is 35.5. The van der Waals surface area contributed by atoms with Crippen LogP contribution in [0.1, 0.15) is 10.4 Å². The van der Waals surface area contributed by atoms with Gasteiger partial charge in [0.2, 0.25) is 0 Å². The van der Waals surface area contributed by atoms with Crippen molar-refractivity contribution in [2.24, 2.45) is 0 Å². The van der Waals surface area contributed by atoms with E-state index >= 15 is 0 Å². The number of hydrogen-bond donors (Lipinski definition) is 0. The summed E-state index contributed by atoms with van der Waals surface area (Å²) in [4.78, 5) is 14.2. The molecule has 0 aliphatic heterocycles. The second-order valence-corrected chi connectivity index (χ2v) is 3.11. The number of carbonyl (C=O) groups excluding carboxylic acids is 1. The molecule has 2 nitrogen and oxygen atoms in total. The number of halogens is 5. The van der Waals surface area contributed by atoms with Gasteiger partial charge in [-0.1, -0.05) is 23.2 Å². The molecule has 0 spiro atoms. The van der Waals surface area contributed by atoms with Gasteiger partial charge < -0.3 is 0 Å². The molecule has 1 heterocycles. The lowest BCUT2D eigenvalue weighted by molar-refractivity contribution is -0.0885. The van der Waals surface area contributed by atoms with E-state index in [-0.39, 0.29) is 10.2 Å². The second-order valence-electron chi connectivity index (χ2n) is 2.31. The summed E-state index contributed by atoms with van der Waals surface area (Å²) in [6.07, 6.45) is -4.07. The van der Waals surface area contributed by atoms with Crippen molar-refractivity contribution < 1.29 is 18.0 Å². The van der Waals surface area contributed by atoms with Gasteiger partial charge >= 0.3 is 6.18 Å². The summed E-state index contributed by atoms with van der Waals surface area (Å²) in [6, 6.07) is 0.777. The fourth-order valence-electron chi connectivity index (χ4n) is 0.740. The Kier molecular flexibility index (Phi) is 3.01. The van der Waals surface area contributed by atoms with Crippen LogP contribution < -0.4 is 0 Å². The van der Waals surface area contributed by atoms with Crippen LogP contribution in [0.5, 0.6) is 0 Å². The molecule has 1 rings (SSSR count). The van der Waals surface area contributed by atoms with Crippen LogP contribution in [0, 0.1) is 0 Å². The lowest BCUT2D eigenvalue weighted by Crippen LogP contribution is -2.23. The lowest BCUT2D eigenvalue weighted by Gasteiger charge is -2.06. The first kappa shape index (κ1) is 11.3. The van der Waals surface area contributed by atoms with Crippen LogP contribution in [0.3, 0.4) is 0 Å². The highest BCUT2D eigenvalue weighted by molar-refractivity contribution is 6.35. The number of aromatic nitrogens is 1. The van der Waals surface area contributed by atoms with Crippen molar-refractivity contribution >= 4 is 29.0 Å². The fraction of sp³-hybridized carbons (Fsp3) is 0.143. The number of carbonyl (C=O) groups is 1. The van der Waals surface area contributed by atoms with Gasteiger partial charge in [0.05, 0.1) is 10.6 Å². The summed E-state index contributed by atoms with van der Waals surface area (Å²) in [5, 5.41) is -0.598. The van der Waals surface area contributed by atoms with E-state index < -0.39 is 17.5 Å². The molecule has 0 atom stereocenters. The number of ketones is 1. The molecule has 14 heavy (non-hydrogen) atoms. The Morgan fingerprint density at radius 1 is 1.36 bits per heavy atom. The SMILES string of the molecule is O=C(c1cc(Cl)ncc1Cl)C(F)(F)F. The Morgan fingerprint density at radius 3 is 2.43 bits per heavy atom. The molecule has 0 aromatic carbocycles. The molecular formula is C7H2Cl2F3NO. The lowest BCUT2D eigenvalue weighted by atomic mass is 10.2. The Balaban J connectivity index is 3.19. The van der Waals surface area contributed by atoms with E-state index in [1.54, 1.807) is 0 Å². The van der Waals surface area contributed by atoms with E-state index in [0.29, 0.717) is 0 Å². The molecule has 7 heteroatoms. The molecule has 76 valence electrons. The second kappa shape index (κ2) is 3.74. The van der Waals surface area contributed by atoms with Gasteiger partial charge in [0.15, 0.2) is 0 Å². The minimum Gasteiger partial charge on any atom is -0.284 e. The van der Waals surface area contributed by atoms with Crippen molar-refractivity contribution in [3.63, 3.8) is 0 Å². The molecule has 0 aliphatic carbocycles. The monoisotopic (exact) mass is 243 g/mol. The van der Waals surface area contributed by atoms with Gasteiger partial charge in [-0.3, -0.25) is 4.79 Å². The van der Waals surface area contributed by atoms with Crippen LogP contribution in [0.4, 0.5) is 13.2 Å². The predicted octanol–water partition coefficient (Wildman–Crippen LogP) is 3.13. The molecule has 0 bridgehead atoms. The van der Waals surface area contributed by atoms with Crippen LogP contribution >= 0.6 is 23.2 Å². The van der Waals surface area contributed by atoms with E-state index in [9.17, 15) is 18.0 Å². The van der Waals surface area contributed by atoms with Crippen molar-refractivity contribution in [3.8, 4) is 0 Å². The Hall–Kier alpha value is -0.810. The first-order valence-electron chi connectivity index (χ1n) is 3.25. The van der Waals surface area contributed by atoms with Gasteiger partial charge in [-0.15, -0.1) is 0 Å². The molecule has 0 saturated heterocycles. The average Bonchev–Trinajstić information content (AvgIpc) is 2.06. The maximum Gasteiger partial charge on any atom is 0.454 e. The Bertz CT molecular complexity index is 378. The molecule has 1 aromatic rings. The quantitative estimate of drug-likeness (QED) is 0.561. The van der Waals surface area contributed by atoms with E-state index in [1.165, 1.54) is 0 Å². The van der Waals surface area contributed by atoms with Crippen LogP contribution in [0.2, 0.25) is 10.2 Å². The molecule has 0 saturated carbocycles. The van der Waals surface area contributed by atoms with Gasteiger partial charge in [0.1, 0.15) is 5.15 Å². The van der Waals surface area contributed by atoms with Gasteiger partial charge in [0, 0.05) is 6.20 Å². The molecule has 0 aliphatic rings. The molecule has 0 N–H and O–H groups in total. The van der Waals surface area contributed by atoms with Crippen molar-refractivity contribution in [1.29, 1.82) is 0 Å². The normalized spacial score (nSPS) is 11.5. The summed E-state index contributed by atoms with van der Waals surface area (Å²) < 4.78 is 35.9. The summed E-state index contributed by atoms with van der Waals surface area (Å²) in [5.74, 6) is -2.04. The first-order valence-corrected chi connectivity index (χ1v) is 4.00. The van der Waals surface area contributed by atoms with Gasteiger partial charge in [-0.2, -0.15) is 13.2 Å². The van der Waals surface area contributed by atoms with E-state index in [2.05, 4.69) is 4.98 Å². The Morgan fingerprint density at radius 2 is 1.93 bits per heavy atom. The zero-order chi connectivity index (χ0) is 10.9. The van der Waals surface area contributed by atoms with Crippen molar-refractivity contribution in [2.75, 3.05) is 0 Å². The van der Waals surface area contributed by atoms with E-state index in [0.717, 1.165) is 12.3 Å².